The first-order valence-corrected chi connectivity index (χ1v) is 11.4. The lowest BCUT2D eigenvalue weighted by molar-refractivity contribution is -0.137. The average Bonchev–Trinajstić information content (AvgIpc) is 3.11. The Bertz CT molecular complexity index is 1050. The minimum atomic E-state index is -4.62. The molecule has 182 valence electrons. The third-order valence-electron chi connectivity index (χ3n) is 6.23. The Kier molecular flexibility index (Phi) is 6.93. The Hall–Kier alpha value is -2.94. The van der Waals surface area contributed by atoms with Crippen molar-refractivity contribution in [2.45, 2.75) is 44.5 Å². The Morgan fingerprint density at radius 3 is 2.41 bits per heavy atom. The van der Waals surface area contributed by atoms with E-state index in [1.807, 2.05) is 24.3 Å². The van der Waals surface area contributed by atoms with Gasteiger partial charge in [-0.2, -0.15) is 18.3 Å². The number of carboxylic acid groups (broad SMARTS) is 1. The number of aliphatic carboxylic acids is 1. The largest absolute Gasteiger partial charge is 0.490 e. The molecule has 1 saturated heterocycles. The van der Waals surface area contributed by atoms with Crippen LogP contribution in [0.5, 0.6) is 5.75 Å². The van der Waals surface area contributed by atoms with Crippen molar-refractivity contribution < 1.29 is 27.8 Å². The highest BCUT2D eigenvalue weighted by Gasteiger charge is 2.48. The van der Waals surface area contributed by atoms with Gasteiger partial charge >= 0.3 is 12.1 Å². The van der Waals surface area contributed by atoms with Crippen molar-refractivity contribution in [2.75, 3.05) is 23.0 Å². The lowest BCUT2D eigenvalue weighted by Gasteiger charge is -2.34. The molecular weight excluding hydrogens is 471 g/mol. The molecule has 34 heavy (non-hydrogen) atoms. The van der Waals surface area contributed by atoms with E-state index in [0.717, 1.165) is 36.6 Å². The van der Waals surface area contributed by atoms with Crippen LogP contribution in [-0.2, 0) is 4.79 Å². The minimum Gasteiger partial charge on any atom is -0.490 e. The van der Waals surface area contributed by atoms with Crippen molar-refractivity contribution in [1.82, 2.24) is 0 Å². The van der Waals surface area contributed by atoms with Gasteiger partial charge in [0.15, 0.2) is 0 Å². The lowest BCUT2D eigenvalue weighted by Crippen LogP contribution is -2.38. The molecule has 0 spiro atoms. The van der Waals surface area contributed by atoms with Crippen LogP contribution in [0.25, 0.3) is 0 Å². The van der Waals surface area contributed by atoms with Crippen LogP contribution in [0, 0.1) is 5.92 Å². The summed E-state index contributed by atoms with van der Waals surface area (Å²) < 4.78 is 46.2. The fourth-order valence-electron chi connectivity index (χ4n) is 4.46. The van der Waals surface area contributed by atoms with Gasteiger partial charge in [0, 0.05) is 42.6 Å². The molecule has 4 rings (SSSR count). The van der Waals surface area contributed by atoms with Crippen LogP contribution in [0.15, 0.2) is 53.6 Å². The van der Waals surface area contributed by atoms with Crippen LogP contribution in [0.1, 0.15) is 26.2 Å². The average molecular weight is 496 g/mol. The Labute approximate surface area is 200 Å². The molecule has 2 aromatic carbocycles. The first kappa shape index (κ1) is 24.2. The quantitative estimate of drug-likeness (QED) is 0.564. The van der Waals surface area contributed by atoms with Crippen molar-refractivity contribution in [3.63, 3.8) is 0 Å². The maximum absolute atomic E-state index is 13.4. The van der Waals surface area contributed by atoms with Gasteiger partial charge in [-0.3, -0.25) is 9.80 Å². The van der Waals surface area contributed by atoms with E-state index >= 15 is 0 Å². The van der Waals surface area contributed by atoms with Gasteiger partial charge < -0.3 is 14.7 Å². The number of anilines is 2. The highest BCUT2D eigenvalue weighted by atomic mass is 35.5. The van der Waals surface area contributed by atoms with Gasteiger partial charge in [-0.15, -0.1) is 0 Å². The Morgan fingerprint density at radius 2 is 1.82 bits per heavy atom. The van der Waals surface area contributed by atoms with Gasteiger partial charge in [0.05, 0.1) is 18.2 Å². The minimum absolute atomic E-state index is 0.0164. The fourth-order valence-corrected chi connectivity index (χ4v) is 4.64. The maximum atomic E-state index is 13.4. The number of hydrogen-bond acceptors (Lipinski definition) is 5. The summed E-state index contributed by atoms with van der Waals surface area (Å²) in [6.07, 6.45) is -3.42. The molecule has 0 radical (unpaired) electrons. The summed E-state index contributed by atoms with van der Waals surface area (Å²) in [6.45, 7) is 2.99. The van der Waals surface area contributed by atoms with Crippen LogP contribution in [0.3, 0.4) is 0 Å². The van der Waals surface area contributed by atoms with Gasteiger partial charge in [-0.05, 0) is 42.5 Å². The second kappa shape index (κ2) is 9.74. The van der Waals surface area contributed by atoms with Crippen LogP contribution in [0.2, 0.25) is 5.02 Å². The zero-order valence-electron chi connectivity index (χ0n) is 18.5. The SMILES string of the molecule is C[C@@H]1C(C(F)(F)F)=NN(c2ccc(OC3CCN(c4cccc(Cl)c4)CC3)cc2)[C@H]1CC(=O)O. The van der Waals surface area contributed by atoms with Crippen molar-refractivity contribution in [2.24, 2.45) is 11.0 Å². The number of carbonyl (C=O) groups is 1. The second-order valence-corrected chi connectivity index (χ2v) is 9.00. The molecular formula is C24H25ClF3N3O3. The van der Waals surface area contributed by atoms with Crippen LogP contribution < -0.4 is 14.6 Å². The Balaban J connectivity index is 1.40. The first-order valence-electron chi connectivity index (χ1n) is 11.1. The molecule has 0 aliphatic carbocycles. The summed E-state index contributed by atoms with van der Waals surface area (Å²) in [5, 5.41) is 14.8. The maximum Gasteiger partial charge on any atom is 0.431 e. The number of ether oxygens (including phenoxy) is 1. The van der Waals surface area contributed by atoms with E-state index in [1.54, 1.807) is 24.3 Å². The predicted molar refractivity (Wildman–Crippen MR) is 125 cm³/mol. The summed E-state index contributed by atoms with van der Waals surface area (Å²) in [4.78, 5) is 13.5. The van der Waals surface area contributed by atoms with Crippen LogP contribution in [0.4, 0.5) is 24.5 Å². The van der Waals surface area contributed by atoms with Crippen molar-refractivity contribution in [3.8, 4) is 5.75 Å². The highest BCUT2D eigenvalue weighted by molar-refractivity contribution is 6.30. The summed E-state index contributed by atoms with van der Waals surface area (Å²) in [6, 6.07) is 13.4. The molecule has 10 heteroatoms. The highest BCUT2D eigenvalue weighted by Crippen LogP contribution is 2.37. The standard InChI is InChI=1S/C24H25ClF3N3O3/c1-15-21(14-22(32)33)31(29-23(15)24(26,27)28)17-5-7-19(8-6-17)34-20-9-11-30(12-10-20)18-4-2-3-16(25)13-18/h2-8,13,15,20-21H,9-12,14H2,1H3,(H,32,33)/t15-,21-/m0/s1. The monoisotopic (exact) mass is 495 g/mol. The van der Waals surface area contributed by atoms with E-state index in [4.69, 9.17) is 16.3 Å². The molecule has 0 saturated carbocycles. The van der Waals surface area contributed by atoms with Gasteiger partial charge in [0.2, 0.25) is 0 Å². The molecule has 1 N–H and O–H groups in total. The number of hydrogen-bond donors (Lipinski definition) is 1. The molecule has 6 nitrogen and oxygen atoms in total. The van der Waals surface area contributed by atoms with Gasteiger partial charge in [-0.25, -0.2) is 0 Å². The van der Waals surface area contributed by atoms with E-state index in [1.165, 1.54) is 6.92 Å². The molecule has 1 fully saturated rings. The van der Waals surface area contributed by atoms with Crippen molar-refractivity contribution in [3.05, 3.63) is 53.6 Å². The number of benzene rings is 2. The number of alkyl halides is 3. The third-order valence-corrected chi connectivity index (χ3v) is 6.47. The van der Waals surface area contributed by atoms with Crippen molar-refractivity contribution >= 4 is 34.7 Å². The molecule has 2 aliphatic heterocycles. The first-order chi connectivity index (χ1) is 16.1. The second-order valence-electron chi connectivity index (χ2n) is 8.56. The van der Waals surface area contributed by atoms with Crippen LogP contribution in [-0.4, -0.2) is 48.2 Å². The normalized spacial score (nSPS) is 21.5. The Morgan fingerprint density at radius 1 is 1.15 bits per heavy atom. The zero-order chi connectivity index (χ0) is 24.5. The summed E-state index contributed by atoms with van der Waals surface area (Å²) >= 11 is 6.08. The molecule has 0 amide bonds. The third kappa shape index (κ3) is 5.41. The van der Waals surface area contributed by atoms with E-state index in [2.05, 4.69) is 10.0 Å². The summed E-state index contributed by atoms with van der Waals surface area (Å²) in [5.41, 5.74) is 0.496. The fraction of sp³-hybridized carbons (Fsp3) is 0.417. The summed E-state index contributed by atoms with van der Waals surface area (Å²) in [5.74, 6) is -1.63. The smallest absolute Gasteiger partial charge is 0.431 e. The van der Waals surface area contributed by atoms with Gasteiger partial charge in [-0.1, -0.05) is 24.6 Å². The number of carboxylic acids is 1. The van der Waals surface area contributed by atoms with E-state index in [0.29, 0.717) is 16.5 Å². The number of hydrazone groups is 1. The van der Waals surface area contributed by atoms with Crippen LogP contribution >= 0.6 is 11.6 Å². The molecule has 2 atom stereocenters. The topological polar surface area (TPSA) is 65.4 Å². The van der Waals surface area contributed by atoms with Gasteiger partial charge in [0.25, 0.3) is 0 Å². The number of rotatable bonds is 6. The lowest BCUT2D eigenvalue weighted by atomic mass is 9.94. The zero-order valence-corrected chi connectivity index (χ0v) is 19.3. The van der Waals surface area contributed by atoms with Gasteiger partial charge in [0.1, 0.15) is 17.6 Å². The predicted octanol–water partition coefficient (Wildman–Crippen LogP) is 5.61. The van der Waals surface area contributed by atoms with E-state index in [9.17, 15) is 23.1 Å². The molecule has 2 aliphatic rings. The molecule has 0 bridgehead atoms. The number of halogens is 4. The van der Waals surface area contributed by atoms with E-state index in [-0.39, 0.29) is 6.10 Å². The molecule has 2 heterocycles. The molecule has 0 aromatic heterocycles. The molecule has 0 unspecified atom stereocenters. The van der Waals surface area contributed by atoms with Crippen molar-refractivity contribution in [1.29, 1.82) is 0 Å². The summed E-state index contributed by atoms with van der Waals surface area (Å²) in [7, 11) is 0. The number of nitrogens with zero attached hydrogens (tertiary/aromatic N) is 3. The number of piperidine rings is 1. The molecule has 2 aromatic rings. The van der Waals surface area contributed by atoms with E-state index < -0.39 is 36.2 Å².